The second-order valence-corrected chi connectivity index (χ2v) is 6.15. The van der Waals surface area contributed by atoms with Gasteiger partial charge in [-0.3, -0.25) is 4.79 Å². The summed E-state index contributed by atoms with van der Waals surface area (Å²) in [6.45, 7) is 2.93. The summed E-state index contributed by atoms with van der Waals surface area (Å²) in [4.78, 5) is 11.1. The molecule has 0 fully saturated rings. The van der Waals surface area contributed by atoms with Crippen LogP contribution in [0.4, 0.5) is 13.2 Å². The maximum atomic E-state index is 12.4. The number of carbonyl (C=O) groups is 1. The average molecular weight is 361 g/mol. The zero-order chi connectivity index (χ0) is 18.9. The third-order valence-corrected chi connectivity index (χ3v) is 4.35. The van der Waals surface area contributed by atoms with Crippen molar-refractivity contribution in [1.29, 1.82) is 0 Å². The van der Waals surface area contributed by atoms with Crippen LogP contribution < -0.4 is 0 Å². The number of allylic oxidation sites excluding steroid dienone is 1. The van der Waals surface area contributed by atoms with Gasteiger partial charge in [-0.1, -0.05) is 31.5 Å². The molecule has 0 aliphatic rings. The van der Waals surface area contributed by atoms with Gasteiger partial charge in [0.1, 0.15) is 5.76 Å². The van der Waals surface area contributed by atoms with Crippen LogP contribution in [0, 0.1) is 0 Å². The monoisotopic (exact) mass is 361 g/mol. The number of ketones is 1. The minimum atomic E-state index is -5.01. The van der Waals surface area contributed by atoms with E-state index in [4.69, 9.17) is 0 Å². The third-order valence-electron chi connectivity index (χ3n) is 4.35. The SMILES string of the molecule is CCCCn1c2ccccc2c2cc(C(O)=CC(=O)C(F)(F)F)ccc21. The zero-order valence-corrected chi connectivity index (χ0v) is 14.2. The van der Waals surface area contributed by atoms with E-state index in [2.05, 4.69) is 11.5 Å². The number of hydrogen-bond donors (Lipinski definition) is 1. The largest absolute Gasteiger partial charge is 0.507 e. The lowest BCUT2D eigenvalue weighted by atomic mass is 10.1. The smallest absolute Gasteiger partial charge is 0.454 e. The van der Waals surface area contributed by atoms with E-state index in [0.29, 0.717) is 0 Å². The fourth-order valence-corrected chi connectivity index (χ4v) is 3.06. The maximum absolute atomic E-state index is 12.4. The highest BCUT2D eigenvalue weighted by Gasteiger charge is 2.37. The number of carbonyl (C=O) groups excluding carboxylic acids is 1. The Balaban J connectivity index is 2.13. The van der Waals surface area contributed by atoms with Crippen LogP contribution in [0.15, 0.2) is 48.5 Å². The van der Waals surface area contributed by atoms with Gasteiger partial charge in [0.15, 0.2) is 0 Å². The number of benzene rings is 2. The van der Waals surface area contributed by atoms with Crippen molar-refractivity contribution >= 4 is 33.3 Å². The van der Waals surface area contributed by atoms with Crippen molar-refractivity contribution in [2.24, 2.45) is 0 Å². The van der Waals surface area contributed by atoms with Crippen LogP contribution in [0.3, 0.4) is 0 Å². The van der Waals surface area contributed by atoms with Gasteiger partial charge in [0.25, 0.3) is 5.78 Å². The zero-order valence-electron chi connectivity index (χ0n) is 14.2. The highest BCUT2D eigenvalue weighted by Crippen LogP contribution is 2.31. The molecule has 0 radical (unpaired) electrons. The molecule has 3 rings (SSSR count). The van der Waals surface area contributed by atoms with Gasteiger partial charge in [-0.25, -0.2) is 0 Å². The fourth-order valence-electron chi connectivity index (χ4n) is 3.06. The first-order valence-corrected chi connectivity index (χ1v) is 8.36. The van der Waals surface area contributed by atoms with Crippen LogP contribution in [0.2, 0.25) is 0 Å². The number of aryl methyl sites for hydroxylation is 1. The lowest BCUT2D eigenvalue weighted by molar-refractivity contribution is -0.165. The van der Waals surface area contributed by atoms with Crippen molar-refractivity contribution in [2.45, 2.75) is 32.5 Å². The number of alkyl halides is 3. The van der Waals surface area contributed by atoms with Gasteiger partial charge in [0, 0.05) is 40.0 Å². The van der Waals surface area contributed by atoms with Crippen LogP contribution in [-0.4, -0.2) is 21.6 Å². The average Bonchev–Trinajstić information content (AvgIpc) is 2.92. The van der Waals surface area contributed by atoms with Crippen LogP contribution >= 0.6 is 0 Å². The van der Waals surface area contributed by atoms with E-state index >= 15 is 0 Å². The normalized spacial score (nSPS) is 12.8. The second kappa shape index (κ2) is 6.86. The number of para-hydroxylation sites is 1. The molecule has 0 atom stereocenters. The number of hydrogen-bond acceptors (Lipinski definition) is 2. The number of aliphatic hydroxyl groups excluding tert-OH is 1. The predicted molar refractivity (Wildman–Crippen MR) is 96.0 cm³/mol. The van der Waals surface area contributed by atoms with Gasteiger partial charge < -0.3 is 9.67 Å². The second-order valence-electron chi connectivity index (χ2n) is 6.15. The summed E-state index contributed by atoms with van der Waals surface area (Å²) < 4.78 is 39.4. The number of rotatable bonds is 5. The Bertz CT molecular complexity index is 999. The number of nitrogens with zero attached hydrogens (tertiary/aromatic N) is 1. The molecule has 3 nitrogen and oxygen atoms in total. The van der Waals surface area contributed by atoms with Crippen molar-refractivity contribution in [3.8, 4) is 0 Å². The molecule has 0 aliphatic heterocycles. The highest BCUT2D eigenvalue weighted by molar-refractivity contribution is 6.09. The summed E-state index contributed by atoms with van der Waals surface area (Å²) in [5, 5.41) is 11.7. The molecule has 1 heterocycles. The van der Waals surface area contributed by atoms with Crippen molar-refractivity contribution in [2.75, 3.05) is 0 Å². The molecule has 0 saturated carbocycles. The molecule has 1 N–H and O–H groups in total. The molecule has 3 aromatic rings. The highest BCUT2D eigenvalue weighted by atomic mass is 19.4. The maximum Gasteiger partial charge on any atom is 0.454 e. The minimum Gasteiger partial charge on any atom is -0.507 e. The molecule has 26 heavy (non-hydrogen) atoms. The van der Waals surface area contributed by atoms with Gasteiger partial charge in [-0.05, 0) is 30.7 Å². The molecule has 0 saturated heterocycles. The summed E-state index contributed by atoms with van der Waals surface area (Å²) in [5.74, 6) is -2.78. The Labute approximate surface area is 148 Å². The molecule has 136 valence electrons. The summed E-state index contributed by atoms with van der Waals surface area (Å²) in [5.41, 5.74) is 2.15. The van der Waals surface area contributed by atoms with E-state index in [0.717, 1.165) is 41.2 Å². The first-order valence-electron chi connectivity index (χ1n) is 8.36. The lowest BCUT2D eigenvalue weighted by Crippen LogP contribution is -2.20. The topological polar surface area (TPSA) is 42.2 Å². The van der Waals surface area contributed by atoms with Crippen molar-refractivity contribution in [1.82, 2.24) is 4.57 Å². The van der Waals surface area contributed by atoms with Crippen molar-refractivity contribution < 1.29 is 23.1 Å². The third kappa shape index (κ3) is 3.31. The Morgan fingerprint density at radius 2 is 1.81 bits per heavy atom. The van der Waals surface area contributed by atoms with Crippen LogP contribution in [0.25, 0.3) is 27.6 Å². The lowest BCUT2D eigenvalue weighted by Gasteiger charge is -2.07. The van der Waals surface area contributed by atoms with Crippen LogP contribution in [0.5, 0.6) is 0 Å². The molecular weight excluding hydrogens is 343 g/mol. The minimum absolute atomic E-state index is 0.175. The number of aromatic nitrogens is 1. The van der Waals surface area contributed by atoms with E-state index < -0.39 is 17.7 Å². The Hall–Kier alpha value is -2.76. The molecule has 0 unspecified atom stereocenters. The van der Waals surface area contributed by atoms with E-state index in [1.807, 2.05) is 24.3 Å². The van der Waals surface area contributed by atoms with E-state index in [1.54, 1.807) is 12.1 Å². The number of aliphatic hydroxyl groups is 1. The number of fused-ring (bicyclic) bond motifs is 3. The fraction of sp³-hybridized carbons (Fsp3) is 0.250. The van der Waals surface area contributed by atoms with Gasteiger partial charge in [0.05, 0.1) is 0 Å². The molecule has 0 aliphatic carbocycles. The molecular formula is C20H18F3NO2. The number of unbranched alkanes of at least 4 members (excludes halogenated alkanes) is 1. The molecule has 6 heteroatoms. The van der Waals surface area contributed by atoms with Crippen LogP contribution in [0.1, 0.15) is 25.3 Å². The van der Waals surface area contributed by atoms with E-state index in [1.165, 1.54) is 6.07 Å². The van der Waals surface area contributed by atoms with Crippen molar-refractivity contribution in [3.63, 3.8) is 0 Å². The Morgan fingerprint density at radius 1 is 1.12 bits per heavy atom. The quantitative estimate of drug-likeness (QED) is 0.473. The summed E-state index contributed by atoms with van der Waals surface area (Å²) in [7, 11) is 0. The molecule has 0 amide bonds. The van der Waals surface area contributed by atoms with Gasteiger partial charge >= 0.3 is 6.18 Å². The predicted octanol–water partition coefficient (Wildman–Crippen LogP) is 5.62. The van der Waals surface area contributed by atoms with E-state index in [9.17, 15) is 23.1 Å². The number of halogens is 3. The van der Waals surface area contributed by atoms with Gasteiger partial charge in [-0.2, -0.15) is 13.2 Å². The van der Waals surface area contributed by atoms with Gasteiger partial charge in [-0.15, -0.1) is 0 Å². The summed E-state index contributed by atoms with van der Waals surface area (Å²) >= 11 is 0. The molecule has 0 spiro atoms. The first kappa shape index (κ1) is 18.0. The first-order chi connectivity index (χ1) is 12.3. The van der Waals surface area contributed by atoms with Crippen LogP contribution in [-0.2, 0) is 11.3 Å². The summed E-state index contributed by atoms with van der Waals surface area (Å²) in [6, 6.07) is 12.7. The van der Waals surface area contributed by atoms with Crippen molar-refractivity contribution in [3.05, 3.63) is 54.1 Å². The standard InChI is InChI=1S/C20H18F3NO2/c1-2-3-10-24-16-7-5-4-6-14(16)15-11-13(8-9-17(15)24)18(25)12-19(26)20(21,22)23/h4-9,11-12,25H,2-3,10H2,1H3. The summed E-state index contributed by atoms with van der Waals surface area (Å²) in [6.07, 6.45) is -2.75. The van der Waals surface area contributed by atoms with Gasteiger partial charge in [0.2, 0.25) is 0 Å². The molecule has 1 aromatic heterocycles. The Kier molecular flexibility index (Phi) is 4.76. The van der Waals surface area contributed by atoms with E-state index in [-0.39, 0.29) is 11.6 Å². The Morgan fingerprint density at radius 3 is 2.50 bits per heavy atom. The molecule has 2 aromatic carbocycles. The molecule has 0 bridgehead atoms.